The van der Waals surface area contributed by atoms with E-state index >= 15 is 0 Å². The Labute approximate surface area is 145 Å². The Balaban J connectivity index is 1.80. The van der Waals surface area contributed by atoms with E-state index in [4.69, 9.17) is 17.3 Å². The summed E-state index contributed by atoms with van der Waals surface area (Å²) in [5.74, 6) is 0.478. The Morgan fingerprint density at radius 2 is 1.88 bits per heavy atom. The van der Waals surface area contributed by atoms with Crippen LogP contribution in [-0.2, 0) is 13.6 Å². The average Bonchev–Trinajstić information content (AvgIpc) is 2.91. The minimum atomic E-state index is 0.478. The molecule has 24 heavy (non-hydrogen) atoms. The third-order valence-electron chi connectivity index (χ3n) is 3.68. The van der Waals surface area contributed by atoms with E-state index in [0.717, 1.165) is 11.1 Å². The van der Waals surface area contributed by atoms with Gasteiger partial charge < -0.3 is 5.73 Å². The number of aromatic nitrogens is 3. The van der Waals surface area contributed by atoms with Crippen LogP contribution in [0.1, 0.15) is 11.1 Å². The number of nitrogen functional groups attached to an aromatic ring is 1. The van der Waals surface area contributed by atoms with E-state index < -0.39 is 0 Å². The van der Waals surface area contributed by atoms with Crippen molar-refractivity contribution in [2.45, 2.75) is 13.5 Å². The first-order valence-corrected chi connectivity index (χ1v) is 7.84. The van der Waals surface area contributed by atoms with E-state index in [0.29, 0.717) is 28.8 Å². The minimum absolute atomic E-state index is 0.478. The van der Waals surface area contributed by atoms with Crippen LogP contribution in [0.3, 0.4) is 0 Å². The zero-order valence-electron chi connectivity index (χ0n) is 13.5. The molecular formula is C17H18ClN6+. The summed E-state index contributed by atoms with van der Waals surface area (Å²) in [6, 6.07) is 9.54. The van der Waals surface area contributed by atoms with Crippen LogP contribution in [0.25, 0.3) is 0 Å². The molecule has 0 saturated carbocycles. The number of aryl methyl sites for hydroxylation is 2. The van der Waals surface area contributed by atoms with Gasteiger partial charge in [-0.15, -0.1) is 5.11 Å². The van der Waals surface area contributed by atoms with Gasteiger partial charge in [-0.25, -0.2) is 9.25 Å². The van der Waals surface area contributed by atoms with E-state index in [-0.39, 0.29) is 0 Å². The number of hydrogen-bond acceptors (Lipinski definition) is 4. The smallest absolute Gasteiger partial charge is 0.168 e. The van der Waals surface area contributed by atoms with E-state index in [1.165, 1.54) is 0 Å². The largest absolute Gasteiger partial charge is 0.382 e. The predicted molar refractivity (Wildman–Crippen MR) is 93.7 cm³/mol. The van der Waals surface area contributed by atoms with Crippen molar-refractivity contribution in [3.05, 3.63) is 65.1 Å². The maximum absolute atomic E-state index is 6.13. The number of rotatable bonds is 4. The summed E-state index contributed by atoms with van der Waals surface area (Å²) < 4.78 is 3.68. The second kappa shape index (κ2) is 6.80. The highest BCUT2D eigenvalue weighted by molar-refractivity contribution is 6.30. The highest BCUT2D eigenvalue weighted by Gasteiger charge is 2.08. The number of azo groups is 1. The zero-order chi connectivity index (χ0) is 17.1. The Bertz CT molecular complexity index is 883. The van der Waals surface area contributed by atoms with E-state index in [1.54, 1.807) is 16.9 Å². The average molecular weight is 342 g/mol. The third-order valence-corrected chi connectivity index (χ3v) is 3.91. The molecule has 0 aliphatic heterocycles. The molecule has 2 N–H and O–H groups in total. The molecule has 122 valence electrons. The summed E-state index contributed by atoms with van der Waals surface area (Å²) in [6.45, 7) is 2.53. The van der Waals surface area contributed by atoms with Crippen molar-refractivity contribution in [3.8, 4) is 0 Å². The second-order valence-electron chi connectivity index (χ2n) is 5.58. The molecule has 0 bridgehead atoms. The van der Waals surface area contributed by atoms with Crippen molar-refractivity contribution >= 4 is 28.8 Å². The summed E-state index contributed by atoms with van der Waals surface area (Å²) in [5, 5.41) is 13.4. The van der Waals surface area contributed by atoms with Gasteiger partial charge in [0, 0.05) is 17.2 Å². The fourth-order valence-corrected chi connectivity index (χ4v) is 2.36. The summed E-state index contributed by atoms with van der Waals surface area (Å²) in [6.07, 6.45) is 5.58. The van der Waals surface area contributed by atoms with Gasteiger partial charge in [0.25, 0.3) is 0 Å². The van der Waals surface area contributed by atoms with Crippen LogP contribution in [0.2, 0.25) is 5.02 Å². The van der Waals surface area contributed by atoms with Crippen LogP contribution in [-0.4, -0.2) is 9.78 Å². The van der Waals surface area contributed by atoms with Crippen molar-refractivity contribution in [3.63, 3.8) is 0 Å². The topological polar surface area (TPSA) is 72.4 Å². The Hall–Kier alpha value is -2.73. The molecule has 0 amide bonds. The quantitative estimate of drug-likeness (QED) is 0.580. The Morgan fingerprint density at radius 1 is 1.17 bits per heavy atom. The van der Waals surface area contributed by atoms with Gasteiger partial charge in [-0.3, -0.25) is 0 Å². The molecule has 3 aromatic rings. The first-order valence-electron chi connectivity index (χ1n) is 7.46. The lowest BCUT2D eigenvalue weighted by molar-refractivity contribution is -0.671. The molecule has 7 heteroatoms. The molecule has 0 fully saturated rings. The van der Waals surface area contributed by atoms with Crippen molar-refractivity contribution in [2.24, 2.45) is 17.3 Å². The molecule has 0 atom stereocenters. The Morgan fingerprint density at radius 3 is 2.62 bits per heavy atom. The van der Waals surface area contributed by atoms with E-state index in [2.05, 4.69) is 15.3 Å². The first kappa shape index (κ1) is 16.1. The molecule has 0 aliphatic carbocycles. The highest BCUT2D eigenvalue weighted by Crippen LogP contribution is 2.28. The molecule has 3 rings (SSSR count). The predicted octanol–water partition coefficient (Wildman–Crippen LogP) is 3.72. The fraction of sp³-hybridized carbons (Fsp3) is 0.176. The Kier molecular flexibility index (Phi) is 4.57. The third kappa shape index (κ3) is 3.60. The molecular weight excluding hydrogens is 324 g/mol. The molecule has 1 aromatic carbocycles. The van der Waals surface area contributed by atoms with Gasteiger partial charge in [-0.2, -0.15) is 10.2 Å². The van der Waals surface area contributed by atoms with Crippen molar-refractivity contribution < 1.29 is 4.57 Å². The second-order valence-corrected chi connectivity index (χ2v) is 6.01. The molecule has 2 aromatic heterocycles. The maximum Gasteiger partial charge on any atom is 0.168 e. The maximum atomic E-state index is 6.13. The number of anilines is 1. The first-order chi connectivity index (χ1) is 11.5. The summed E-state index contributed by atoms with van der Waals surface area (Å²) in [4.78, 5) is 0. The van der Waals surface area contributed by atoms with Crippen molar-refractivity contribution in [1.29, 1.82) is 0 Å². The lowest BCUT2D eigenvalue weighted by atomic mass is 10.2. The molecule has 0 aliphatic rings. The monoisotopic (exact) mass is 341 g/mol. The minimum Gasteiger partial charge on any atom is -0.382 e. The van der Waals surface area contributed by atoms with Crippen LogP contribution >= 0.6 is 11.6 Å². The lowest BCUT2D eigenvalue weighted by Gasteiger charge is -2.03. The zero-order valence-corrected chi connectivity index (χ0v) is 14.3. The van der Waals surface area contributed by atoms with Gasteiger partial charge in [0.2, 0.25) is 0 Å². The molecule has 2 heterocycles. The van der Waals surface area contributed by atoms with Crippen molar-refractivity contribution in [2.75, 3.05) is 5.73 Å². The van der Waals surface area contributed by atoms with E-state index in [1.807, 2.05) is 55.2 Å². The van der Waals surface area contributed by atoms with Crippen LogP contribution in [0.15, 0.2) is 59.2 Å². The van der Waals surface area contributed by atoms with Crippen LogP contribution in [0, 0.1) is 6.92 Å². The standard InChI is InChI=1S/C17H18ClN6/c1-12-3-4-14(18)9-15(12)21-22-16-10-20-24(17(16)19)11-13-5-7-23(2)8-6-13/h3-10H,11,19H2,1-2H3/q+1. The SMILES string of the molecule is Cc1ccc(Cl)cc1N=Nc1cnn(Cc2cc[n+](C)cc2)c1N. The summed E-state index contributed by atoms with van der Waals surface area (Å²) in [7, 11) is 1.97. The molecule has 0 saturated heterocycles. The number of halogens is 1. The number of nitrogens with zero attached hydrogens (tertiary/aromatic N) is 5. The van der Waals surface area contributed by atoms with Crippen LogP contribution in [0.5, 0.6) is 0 Å². The van der Waals surface area contributed by atoms with Crippen LogP contribution < -0.4 is 10.3 Å². The normalized spacial score (nSPS) is 11.3. The van der Waals surface area contributed by atoms with E-state index in [9.17, 15) is 0 Å². The van der Waals surface area contributed by atoms with Gasteiger partial charge >= 0.3 is 0 Å². The van der Waals surface area contributed by atoms with Gasteiger partial charge in [0.05, 0.1) is 18.4 Å². The van der Waals surface area contributed by atoms with Gasteiger partial charge in [0.1, 0.15) is 18.6 Å². The molecule has 6 nitrogen and oxygen atoms in total. The lowest BCUT2D eigenvalue weighted by Crippen LogP contribution is -2.26. The molecule has 0 spiro atoms. The number of pyridine rings is 1. The fourth-order valence-electron chi connectivity index (χ4n) is 2.20. The van der Waals surface area contributed by atoms with Crippen LogP contribution in [0.4, 0.5) is 17.2 Å². The summed E-state index contributed by atoms with van der Waals surface area (Å²) >= 11 is 5.99. The molecule has 0 radical (unpaired) electrons. The van der Waals surface area contributed by atoms with Gasteiger partial charge in [-0.05, 0) is 30.2 Å². The number of hydrogen-bond donors (Lipinski definition) is 1. The van der Waals surface area contributed by atoms with Gasteiger partial charge in [-0.1, -0.05) is 17.7 Å². The number of benzene rings is 1. The molecule has 0 unspecified atom stereocenters. The van der Waals surface area contributed by atoms with Gasteiger partial charge in [0.15, 0.2) is 12.4 Å². The number of nitrogens with two attached hydrogens (primary N) is 1. The highest BCUT2D eigenvalue weighted by atomic mass is 35.5. The van der Waals surface area contributed by atoms with Crippen molar-refractivity contribution in [1.82, 2.24) is 9.78 Å². The summed E-state index contributed by atoms with van der Waals surface area (Å²) in [5.41, 5.74) is 9.48.